The Morgan fingerprint density at radius 3 is 2.71 bits per heavy atom. The van der Waals surface area contributed by atoms with Gasteiger partial charge in [0.25, 0.3) is 5.91 Å². The summed E-state index contributed by atoms with van der Waals surface area (Å²) in [6, 6.07) is 5.01. The molecule has 126 valence electrons. The van der Waals surface area contributed by atoms with Crippen LogP contribution in [0.1, 0.15) is 50.8 Å². The van der Waals surface area contributed by atoms with Crippen LogP contribution in [0.25, 0.3) is 0 Å². The first-order valence-electron chi connectivity index (χ1n) is 8.45. The number of imide groups is 1. The predicted molar refractivity (Wildman–Crippen MR) is 87.6 cm³/mol. The first-order chi connectivity index (χ1) is 11.5. The molecule has 2 heterocycles. The molecule has 2 aliphatic rings. The smallest absolute Gasteiger partial charge is 0.323 e. The van der Waals surface area contributed by atoms with E-state index in [1.807, 2.05) is 6.07 Å². The predicted octanol–water partition coefficient (Wildman–Crippen LogP) is 2.59. The van der Waals surface area contributed by atoms with E-state index < -0.39 is 5.54 Å². The molecule has 3 amide bonds. The van der Waals surface area contributed by atoms with Gasteiger partial charge in [-0.25, -0.2) is 4.79 Å². The summed E-state index contributed by atoms with van der Waals surface area (Å²) in [6.07, 6.45) is 5.05. The van der Waals surface area contributed by atoms with Gasteiger partial charge in [-0.05, 0) is 49.7 Å². The molecule has 1 aromatic heterocycles. The lowest BCUT2D eigenvalue weighted by Gasteiger charge is -2.27. The normalized spacial score (nSPS) is 23.5. The number of rotatable bonds is 6. The topological polar surface area (TPSA) is 86.1 Å². The summed E-state index contributed by atoms with van der Waals surface area (Å²) in [6.45, 7) is 4.40. The Labute approximate surface area is 141 Å². The Bertz CT molecular complexity index is 688. The highest BCUT2D eigenvalue weighted by Crippen LogP contribution is 2.46. The van der Waals surface area contributed by atoms with Crippen LogP contribution in [0.3, 0.4) is 0 Å². The van der Waals surface area contributed by atoms with Gasteiger partial charge in [0.2, 0.25) is 0 Å². The maximum Gasteiger partial charge on any atom is 0.325 e. The molecule has 1 saturated carbocycles. The lowest BCUT2D eigenvalue weighted by atomic mass is 9.85. The number of carbonyl (C=O) groups is 2. The van der Waals surface area contributed by atoms with Crippen molar-refractivity contribution in [3.8, 4) is 6.07 Å². The van der Waals surface area contributed by atoms with Crippen LogP contribution >= 0.6 is 0 Å². The third-order valence-corrected chi connectivity index (χ3v) is 4.87. The second kappa shape index (κ2) is 6.23. The summed E-state index contributed by atoms with van der Waals surface area (Å²) in [4.78, 5) is 30.9. The standard InChI is InChI=1S/C18H22N4O2/c1-12(2)7-8-18(14-4-5-14)16(23)22(17(24)21-18)11-15-6-3-13(9-19)10-20-15/h3,6,10,12,14H,4-5,7-8,11H2,1-2H3,(H,21,24). The van der Waals surface area contributed by atoms with Crippen molar-refractivity contribution in [2.45, 2.75) is 51.6 Å². The number of urea groups is 1. The van der Waals surface area contributed by atoms with Crippen LogP contribution in [-0.4, -0.2) is 27.4 Å². The molecule has 6 nitrogen and oxygen atoms in total. The number of nitriles is 1. The molecule has 24 heavy (non-hydrogen) atoms. The summed E-state index contributed by atoms with van der Waals surface area (Å²) in [5.41, 5.74) is 0.335. The van der Waals surface area contributed by atoms with E-state index in [0.29, 0.717) is 23.6 Å². The maximum absolute atomic E-state index is 13.0. The molecule has 1 unspecified atom stereocenters. The number of carbonyl (C=O) groups excluding carboxylic acids is 2. The highest BCUT2D eigenvalue weighted by molar-refractivity contribution is 6.07. The number of amides is 3. The zero-order valence-corrected chi connectivity index (χ0v) is 14.1. The van der Waals surface area contributed by atoms with Crippen molar-refractivity contribution in [1.29, 1.82) is 5.26 Å². The van der Waals surface area contributed by atoms with Gasteiger partial charge in [-0.15, -0.1) is 0 Å². The Balaban J connectivity index is 1.78. The molecular weight excluding hydrogens is 304 g/mol. The van der Waals surface area contributed by atoms with E-state index in [1.54, 1.807) is 12.1 Å². The molecular formula is C18H22N4O2. The minimum absolute atomic E-state index is 0.123. The zero-order valence-electron chi connectivity index (χ0n) is 14.1. The van der Waals surface area contributed by atoms with Crippen molar-refractivity contribution < 1.29 is 9.59 Å². The lowest BCUT2D eigenvalue weighted by molar-refractivity contribution is -0.132. The fourth-order valence-corrected chi connectivity index (χ4v) is 3.28. The van der Waals surface area contributed by atoms with Gasteiger partial charge >= 0.3 is 6.03 Å². The Morgan fingerprint density at radius 1 is 1.42 bits per heavy atom. The number of hydrogen-bond donors (Lipinski definition) is 1. The fraction of sp³-hybridized carbons (Fsp3) is 0.556. The number of hydrogen-bond acceptors (Lipinski definition) is 4. The van der Waals surface area contributed by atoms with Crippen molar-refractivity contribution in [3.05, 3.63) is 29.6 Å². The minimum atomic E-state index is -0.728. The number of aromatic nitrogens is 1. The van der Waals surface area contributed by atoms with Gasteiger partial charge < -0.3 is 5.32 Å². The molecule has 1 aliphatic heterocycles. The van der Waals surface area contributed by atoms with Crippen LogP contribution in [0, 0.1) is 23.2 Å². The molecule has 6 heteroatoms. The summed E-state index contributed by atoms with van der Waals surface area (Å²) in [5, 5.41) is 11.8. The van der Waals surface area contributed by atoms with Crippen LogP contribution in [0.4, 0.5) is 4.79 Å². The average molecular weight is 326 g/mol. The van der Waals surface area contributed by atoms with Crippen LogP contribution in [0.15, 0.2) is 18.3 Å². The van der Waals surface area contributed by atoms with E-state index in [4.69, 9.17) is 5.26 Å². The fourth-order valence-electron chi connectivity index (χ4n) is 3.28. The van der Waals surface area contributed by atoms with E-state index in [1.165, 1.54) is 11.1 Å². The molecule has 1 saturated heterocycles. The molecule has 2 fully saturated rings. The van der Waals surface area contributed by atoms with Gasteiger partial charge in [0.1, 0.15) is 11.6 Å². The highest BCUT2D eigenvalue weighted by atomic mass is 16.2. The first-order valence-corrected chi connectivity index (χ1v) is 8.45. The number of pyridine rings is 1. The summed E-state index contributed by atoms with van der Waals surface area (Å²) in [5.74, 6) is 0.619. The van der Waals surface area contributed by atoms with Crippen molar-refractivity contribution in [3.63, 3.8) is 0 Å². The number of nitrogens with one attached hydrogen (secondary N) is 1. The van der Waals surface area contributed by atoms with E-state index in [0.717, 1.165) is 19.3 Å². The number of nitrogens with zero attached hydrogens (tertiary/aromatic N) is 3. The van der Waals surface area contributed by atoms with Crippen molar-refractivity contribution in [2.75, 3.05) is 0 Å². The van der Waals surface area contributed by atoms with E-state index in [-0.39, 0.29) is 24.4 Å². The van der Waals surface area contributed by atoms with Crippen molar-refractivity contribution in [1.82, 2.24) is 15.2 Å². The van der Waals surface area contributed by atoms with E-state index >= 15 is 0 Å². The molecule has 3 rings (SSSR count). The first kappa shape index (κ1) is 16.4. The molecule has 0 aromatic carbocycles. The van der Waals surface area contributed by atoms with Crippen LogP contribution in [-0.2, 0) is 11.3 Å². The van der Waals surface area contributed by atoms with Crippen molar-refractivity contribution in [2.24, 2.45) is 11.8 Å². The Morgan fingerprint density at radius 2 is 2.17 bits per heavy atom. The molecule has 1 aliphatic carbocycles. The Hall–Kier alpha value is -2.42. The van der Waals surface area contributed by atoms with Gasteiger partial charge in [0.15, 0.2) is 0 Å². The molecule has 1 aromatic rings. The highest BCUT2D eigenvalue weighted by Gasteiger charge is 2.58. The SMILES string of the molecule is CC(C)CCC1(C2CC2)NC(=O)N(Cc2ccc(C#N)cn2)C1=O. The third-order valence-electron chi connectivity index (χ3n) is 4.87. The van der Waals surface area contributed by atoms with Gasteiger partial charge in [-0.2, -0.15) is 5.26 Å². The summed E-state index contributed by atoms with van der Waals surface area (Å²) < 4.78 is 0. The largest absolute Gasteiger partial charge is 0.325 e. The van der Waals surface area contributed by atoms with Crippen LogP contribution in [0.5, 0.6) is 0 Å². The minimum Gasteiger partial charge on any atom is -0.323 e. The average Bonchev–Trinajstić information content (AvgIpc) is 3.38. The second-order valence-electron chi connectivity index (χ2n) is 7.15. The van der Waals surface area contributed by atoms with Gasteiger partial charge in [0.05, 0.1) is 17.8 Å². The van der Waals surface area contributed by atoms with E-state index in [2.05, 4.69) is 24.1 Å². The van der Waals surface area contributed by atoms with Gasteiger partial charge in [-0.3, -0.25) is 14.7 Å². The molecule has 0 radical (unpaired) electrons. The van der Waals surface area contributed by atoms with Crippen molar-refractivity contribution >= 4 is 11.9 Å². The Kier molecular flexibility index (Phi) is 4.27. The van der Waals surface area contributed by atoms with E-state index in [9.17, 15) is 9.59 Å². The van der Waals surface area contributed by atoms with Gasteiger partial charge in [0, 0.05) is 6.20 Å². The quantitative estimate of drug-likeness (QED) is 0.814. The summed E-state index contributed by atoms with van der Waals surface area (Å²) >= 11 is 0. The molecule has 0 spiro atoms. The third kappa shape index (κ3) is 2.99. The monoisotopic (exact) mass is 326 g/mol. The molecule has 1 atom stereocenters. The van der Waals surface area contributed by atoms with Gasteiger partial charge in [-0.1, -0.05) is 13.8 Å². The summed E-state index contributed by atoms with van der Waals surface area (Å²) in [7, 11) is 0. The lowest BCUT2D eigenvalue weighted by Crippen LogP contribution is -2.49. The second-order valence-corrected chi connectivity index (χ2v) is 7.15. The maximum atomic E-state index is 13.0. The zero-order chi connectivity index (χ0) is 17.3. The molecule has 0 bridgehead atoms. The van der Waals surface area contributed by atoms with Crippen LogP contribution < -0.4 is 5.32 Å². The molecule has 1 N–H and O–H groups in total. The van der Waals surface area contributed by atoms with Crippen LogP contribution in [0.2, 0.25) is 0 Å².